The van der Waals surface area contributed by atoms with Crippen molar-refractivity contribution in [2.24, 2.45) is 5.73 Å². The molecule has 0 atom stereocenters. The molecule has 4 nitrogen and oxygen atoms in total. The third-order valence-electron chi connectivity index (χ3n) is 2.60. The van der Waals surface area contributed by atoms with Crippen molar-refractivity contribution >= 4 is 11.7 Å². The number of nitrogens with one attached hydrogen (secondary N) is 1. The Balaban J connectivity index is 2.49. The number of aryl methyl sites for hydroxylation is 1. The summed E-state index contributed by atoms with van der Waals surface area (Å²) in [5.41, 5.74) is 5.09. The summed E-state index contributed by atoms with van der Waals surface area (Å²) in [4.78, 5) is 14.3. The van der Waals surface area contributed by atoms with E-state index in [9.17, 15) is 18.0 Å². The van der Waals surface area contributed by atoms with E-state index in [2.05, 4.69) is 10.3 Å². The number of carbonyl (C=O) groups is 1. The number of urea groups is 1. The van der Waals surface area contributed by atoms with Crippen LogP contribution in [0.1, 0.15) is 23.4 Å². The molecule has 0 spiro atoms. The first kappa shape index (κ1) is 11.7. The number of halogens is 3. The summed E-state index contributed by atoms with van der Waals surface area (Å²) >= 11 is 0. The molecule has 17 heavy (non-hydrogen) atoms. The highest BCUT2D eigenvalue weighted by molar-refractivity contribution is 5.89. The first-order valence-corrected chi connectivity index (χ1v) is 5.04. The van der Waals surface area contributed by atoms with Gasteiger partial charge in [-0.1, -0.05) is 0 Å². The zero-order valence-electron chi connectivity index (χ0n) is 8.77. The summed E-state index contributed by atoms with van der Waals surface area (Å²) in [6.45, 7) is 0. The summed E-state index contributed by atoms with van der Waals surface area (Å²) in [5.74, 6) is 0. The van der Waals surface area contributed by atoms with E-state index in [4.69, 9.17) is 5.73 Å². The number of aromatic nitrogens is 1. The number of hydrogen-bond acceptors (Lipinski definition) is 2. The van der Waals surface area contributed by atoms with Gasteiger partial charge < -0.3 is 11.1 Å². The minimum atomic E-state index is -4.52. The fraction of sp³-hybridized carbons (Fsp3) is 0.400. The van der Waals surface area contributed by atoms with E-state index < -0.39 is 17.9 Å². The molecule has 0 bridgehead atoms. The topological polar surface area (TPSA) is 68.0 Å². The normalized spacial score (nSPS) is 14.5. The summed E-state index contributed by atoms with van der Waals surface area (Å²) < 4.78 is 37.7. The van der Waals surface area contributed by atoms with Crippen LogP contribution < -0.4 is 11.1 Å². The van der Waals surface area contributed by atoms with Crippen LogP contribution in [0.4, 0.5) is 23.7 Å². The van der Waals surface area contributed by atoms with E-state index in [1.54, 1.807) is 0 Å². The number of amides is 2. The molecule has 2 rings (SSSR count). The van der Waals surface area contributed by atoms with Crippen LogP contribution in [0.5, 0.6) is 0 Å². The summed E-state index contributed by atoms with van der Waals surface area (Å²) in [6.07, 6.45) is -2.69. The number of carbonyl (C=O) groups excluding carboxylic acids is 1. The van der Waals surface area contributed by atoms with E-state index in [0.717, 1.165) is 12.5 Å². The van der Waals surface area contributed by atoms with Gasteiger partial charge in [0.25, 0.3) is 0 Å². The average molecular weight is 245 g/mol. The first-order chi connectivity index (χ1) is 7.88. The standard InChI is InChI=1S/C10H10F3N3O/c11-10(12,13)8-4-7(16-9(14)17)5-2-1-3-6(5)15-8/h4H,1-3H2,(H3,14,15,16,17). The van der Waals surface area contributed by atoms with Gasteiger partial charge in [0.2, 0.25) is 0 Å². The predicted octanol–water partition coefficient (Wildman–Crippen LogP) is 2.08. The van der Waals surface area contributed by atoms with Crippen molar-refractivity contribution in [2.45, 2.75) is 25.4 Å². The van der Waals surface area contributed by atoms with Crippen LogP contribution in [-0.4, -0.2) is 11.0 Å². The van der Waals surface area contributed by atoms with Crippen molar-refractivity contribution in [1.29, 1.82) is 0 Å². The Labute approximate surface area is 95.0 Å². The number of primary amides is 1. The van der Waals surface area contributed by atoms with Gasteiger partial charge in [-0.3, -0.25) is 0 Å². The molecule has 1 heterocycles. The lowest BCUT2D eigenvalue weighted by atomic mass is 10.1. The quantitative estimate of drug-likeness (QED) is 0.795. The second kappa shape index (κ2) is 3.90. The Morgan fingerprint density at radius 1 is 1.41 bits per heavy atom. The molecule has 0 radical (unpaired) electrons. The van der Waals surface area contributed by atoms with Gasteiger partial charge in [0.05, 0.1) is 0 Å². The molecular formula is C10H10F3N3O. The van der Waals surface area contributed by atoms with Crippen LogP contribution in [-0.2, 0) is 19.0 Å². The molecule has 7 heteroatoms. The fourth-order valence-electron chi connectivity index (χ4n) is 1.93. The lowest BCUT2D eigenvalue weighted by molar-refractivity contribution is -0.141. The van der Waals surface area contributed by atoms with Gasteiger partial charge in [0.1, 0.15) is 5.69 Å². The van der Waals surface area contributed by atoms with Gasteiger partial charge in [-0.25, -0.2) is 9.78 Å². The molecule has 1 aromatic heterocycles. The van der Waals surface area contributed by atoms with Crippen LogP contribution in [0.25, 0.3) is 0 Å². The maximum absolute atomic E-state index is 12.6. The number of hydrogen-bond donors (Lipinski definition) is 2. The Bertz CT molecular complexity index is 471. The number of nitrogens with zero attached hydrogens (tertiary/aromatic N) is 1. The third-order valence-corrected chi connectivity index (χ3v) is 2.60. The van der Waals surface area contributed by atoms with Gasteiger partial charge in [-0.05, 0) is 30.9 Å². The van der Waals surface area contributed by atoms with Crippen LogP contribution in [0.3, 0.4) is 0 Å². The molecule has 1 aliphatic carbocycles. The predicted molar refractivity (Wildman–Crippen MR) is 54.5 cm³/mol. The second-order valence-electron chi connectivity index (χ2n) is 3.82. The van der Waals surface area contributed by atoms with E-state index in [-0.39, 0.29) is 5.69 Å². The van der Waals surface area contributed by atoms with Crippen molar-refractivity contribution in [3.8, 4) is 0 Å². The first-order valence-electron chi connectivity index (χ1n) is 5.04. The molecule has 0 saturated carbocycles. The SMILES string of the molecule is NC(=O)Nc1cc(C(F)(F)F)nc2c1CCC2. The van der Waals surface area contributed by atoms with Gasteiger partial charge in [0.15, 0.2) is 0 Å². The number of nitrogens with two attached hydrogens (primary N) is 1. The summed E-state index contributed by atoms with van der Waals surface area (Å²) in [5, 5.41) is 2.22. The lowest BCUT2D eigenvalue weighted by Crippen LogP contribution is -2.21. The highest BCUT2D eigenvalue weighted by Crippen LogP contribution is 2.34. The van der Waals surface area contributed by atoms with Crippen LogP contribution >= 0.6 is 0 Å². The molecule has 0 unspecified atom stereocenters. The molecule has 0 aliphatic heterocycles. The Morgan fingerprint density at radius 3 is 2.71 bits per heavy atom. The molecule has 1 aliphatic rings. The molecule has 0 fully saturated rings. The average Bonchev–Trinajstić information content (AvgIpc) is 2.62. The third kappa shape index (κ3) is 2.32. The van der Waals surface area contributed by atoms with Gasteiger partial charge in [0, 0.05) is 11.4 Å². The minimum absolute atomic E-state index is 0.118. The highest BCUT2D eigenvalue weighted by Gasteiger charge is 2.35. The van der Waals surface area contributed by atoms with E-state index in [1.165, 1.54) is 0 Å². The second-order valence-corrected chi connectivity index (χ2v) is 3.82. The van der Waals surface area contributed by atoms with E-state index >= 15 is 0 Å². The molecule has 92 valence electrons. The summed E-state index contributed by atoms with van der Waals surface area (Å²) in [7, 11) is 0. The Kier molecular flexibility index (Phi) is 2.68. The summed E-state index contributed by atoms with van der Waals surface area (Å²) in [6, 6.07) is -0.0482. The van der Waals surface area contributed by atoms with E-state index in [1.807, 2.05) is 0 Å². The minimum Gasteiger partial charge on any atom is -0.351 e. The lowest BCUT2D eigenvalue weighted by Gasteiger charge is -2.12. The maximum atomic E-state index is 12.6. The van der Waals surface area contributed by atoms with E-state index in [0.29, 0.717) is 24.1 Å². The van der Waals surface area contributed by atoms with Gasteiger partial charge in [-0.2, -0.15) is 13.2 Å². The van der Waals surface area contributed by atoms with Crippen molar-refractivity contribution in [2.75, 3.05) is 5.32 Å². The number of rotatable bonds is 1. The zero-order chi connectivity index (χ0) is 12.6. The highest BCUT2D eigenvalue weighted by atomic mass is 19.4. The molecule has 1 aromatic rings. The van der Waals surface area contributed by atoms with Crippen LogP contribution in [0.2, 0.25) is 0 Å². The van der Waals surface area contributed by atoms with Crippen molar-refractivity contribution in [3.05, 3.63) is 23.0 Å². The van der Waals surface area contributed by atoms with Crippen molar-refractivity contribution in [1.82, 2.24) is 4.98 Å². The molecule has 3 N–H and O–H groups in total. The van der Waals surface area contributed by atoms with Gasteiger partial charge >= 0.3 is 12.2 Å². The van der Waals surface area contributed by atoms with Gasteiger partial charge in [-0.15, -0.1) is 0 Å². The van der Waals surface area contributed by atoms with Crippen molar-refractivity contribution in [3.63, 3.8) is 0 Å². The number of fused-ring (bicyclic) bond motifs is 1. The Hall–Kier alpha value is -1.79. The Morgan fingerprint density at radius 2 is 2.12 bits per heavy atom. The number of alkyl halides is 3. The number of anilines is 1. The van der Waals surface area contributed by atoms with Crippen molar-refractivity contribution < 1.29 is 18.0 Å². The molecule has 2 amide bonds. The van der Waals surface area contributed by atoms with Crippen LogP contribution in [0, 0.1) is 0 Å². The fourth-order valence-corrected chi connectivity index (χ4v) is 1.93. The maximum Gasteiger partial charge on any atom is 0.433 e. The largest absolute Gasteiger partial charge is 0.433 e. The molecule has 0 aromatic carbocycles. The monoisotopic (exact) mass is 245 g/mol. The zero-order valence-corrected chi connectivity index (χ0v) is 8.77. The smallest absolute Gasteiger partial charge is 0.351 e. The number of pyridine rings is 1. The molecular weight excluding hydrogens is 235 g/mol. The van der Waals surface area contributed by atoms with Crippen LogP contribution in [0.15, 0.2) is 6.07 Å². The molecule has 0 saturated heterocycles.